The molecule has 0 spiro atoms. The molecule has 2 N–H and O–H groups in total. The fourth-order valence-electron chi connectivity index (χ4n) is 2.47. The lowest BCUT2D eigenvalue weighted by Gasteiger charge is -2.17. The zero-order valence-corrected chi connectivity index (χ0v) is 12.0. The zero-order chi connectivity index (χ0) is 14.3. The monoisotopic (exact) mass is 290 g/mol. The number of nitrogens with zero attached hydrogens (tertiary/aromatic N) is 2. The SMILES string of the molecule is CC(Nc1cc2c(cc1Cl)NC(=O)C2)c1ccnn1C. The Morgan fingerprint density at radius 1 is 1.50 bits per heavy atom. The summed E-state index contributed by atoms with van der Waals surface area (Å²) in [5.41, 5.74) is 3.67. The highest BCUT2D eigenvalue weighted by atomic mass is 35.5. The first kappa shape index (κ1) is 13.0. The molecule has 1 unspecified atom stereocenters. The van der Waals surface area contributed by atoms with E-state index in [9.17, 15) is 4.79 Å². The van der Waals surface area contributed by atoms with Gasteiger partial charge in [0.15, 0.2) is 0 Å². The van der Waals surface area contributed by atoms with E-state index in [2.05, 4.69) is 15.7 Å². The van der Waals surface area contributed by atoms with Gasteiger partial charge in [-0.2, -0.15) is 5.10 Å². The highest BCUT2D eigenvalue weighted by Gasteiger charge is 2.20. The summed E-state index contributed by atoms with van der Waals surface area (Å²) in [5, 5.41) is 10.9. The van der Waals surface area contributed by atoms with Crippen molar-refractivity contribution in [2.24, 2.45) is 7.05 Å². The van der Waals surface area contributed by atoms with Crippen LogP contribution in [0.5, 0.6) is 0 Å². The van der Waals surface area contributed by atoms with Crippen molar-refractivity contribution in [1.29, 1.82) is 0 Å². The van der Waals surface area contributed by atoms with Crippen LogP contribution in [0.1, 0.15) is 24.2 Å². The second kappa shape index (κ2) is 4.83. The third-order valence-electron chi connectivity index (χ3n) is 3.49. The van der Waals surface area contributed by atoms with Crippen molar-refractivity contribution in [2.75, 3.05) is 10.6 Å². The number of amides is 1. The number of fused-ring (bicyclic) bond motifs is 1. The van der Waals surface area contributed by atoms with Gasteiger partial charge in [-0.25, -0.2) is 0 Å². The molecule has 2 heterocycles. The largest absolute Gasteiger partial charge is 0.376 e. The fourth-order valence-corrected chi connectivity index (χ4v) is 2.69. The van der Waals surface area contributed by atoms with Crippen molar-refractivity contribution in [3.63, 3.8) is 0 Å². The topological polar surface area (TPSA) is 58.9 Å². The Balaban J connectivity index is 1.87. The quantitative estimate of drug-likeness (QED) is 0.914. The van der Waals surface area contributed by atoms with Crippen molar-refractivity contribution in [1.82, 2.24) is 9.78 Å². The van der Waals surface area contributed by atoms with E-state index in [1.165, 1.54) is 0 Å². The Kier molecular flexibility index (Phi) is 3.14. The number of hydrogen-bond acceptors (Lipinski definition) is 3. The van der Waals surface area contributed by atoms with Crippen LogP contribution in [0.15, 0.2) is 24.4 Å². The van der Waals surface area contributed by atoms with Crippen molar-refractivity contribution in [3.05, 3.63) is 40.7 Å². The number of carbonyl (C=O) groups excluding carboxylic acids is 1. The third kappa shape index (κ3) is 2.25. The molecule has 0 fully saturated rings. The Morgan fingerprint density at radius 3 is 3.00 bits per heavy atom. The molecule has 6 heteroatoms. The van der Waals surface area contributed by atoms with Crippen LogP contribution in [-0.2, 0) is 18.3 Å². The zero-order valence-electron chi connectivity index (χ0n) is 11.3. The summed E-state index contributed by atoms with van der Waals surface area (Å²) in [7, 11) is 1.90. The molecule has 0 aliphatic carbocycles. The number of aromatic nitrogens is 2. The van der Waals surface area contributed by atoms with Gasteiger partial charge in [0.1, 0.15) is 0 Å². The molecule has 1 aromatic heterocycles. The minimum absolute atomic E-state index is 0.00731. The van der Waals surface area contributed by atoms with E-state index >= 15 is 0 Å². The molecule has 0 radical (unpaired) electrons. The van der Waals surface area contributed by atoms with Crippen LogP contribution >= 0.6 is 11.6 Å². The minimum atomic E-state index is 0.00731. The van der Waals surface area contributed by atoms with Gasteiger partial charge in [-0.3, -0.25) is 9.48 Å². The highest BCUT2D eigenvalue weighted by molar-refractivity contribution is 6.33. The van der Waals surface area contributed by atoms with E-state index in [4.69, 9.17) is 11.6 Å². The summed E-state index contributed by atoms with van der Waals surface area (Å²) in [4.78, 5) is 11.4. The Morgan fingerprint density at radius 2 is 2.30 bits per heavy atom. The van der Waals surface area contributed by atoms with Crippen LogP contribution in [-0.4, -0.2) is 15.7 Å². The molecule has 5 nitrogen and oxygen atoms in total. The molecular formula is C14H15ClN4O. The van der Waals surface area contributed by atoms with Crippen molar-refractivity contribution < 1.29 is 4.79 Å². The molecule has 0 saturated heterocycles. The Labute approximate surface area is 121 Å². The molecule has 104 valence electrons. The van der Waals surface area contributed by atoms with E-state index < -0.39 is 0 Å². The number of nitrogens with one attached hydrogen (secondary N) is 2. The van der Waals surface area contributed by atoms with Gasteiger partial charge in [0.2, 0.25) is 5.91 Å². The second-order valence-corrected chi connectivity index (χ2v) is 5.37. The molecule has 0 bridgehead atoms. The molecule has 1 aromatic carbocycles. The van der Waals surface area contributed by atoms with E-state index in [-0.39, 0.29) is 11.9 Å². The van der Waals surface area contributed by atoms with Gasteiger partial charge in [-0.15, -0.1) is 0 Å². The summed E-state index contributed by atoms with van der Waals surface area (Å²) in [5.74, 6) is 0.00731. The number of rotatable bonds is 3. The van der Waals surface area contributed by atoms with Crippen molar-refractivity contribution >= 4 is 28.9 Å². The number of carbonyl (C=O) groups is 1. The number of benzene rings is 1. The average molecular weight is 291 g/mol. The molecule has 1 amide bonds. The Bertz CT molecular complexity index is 680. The molecule has 20 heavy (non-hydrogen) atoms. The predicted molar refractivity (Wildman–Crippen MR) is 79.0 cm³/mol. The summed E-state index contributed by atoms with van der Waals surface area (Å²) < 4.78 is 1.82. The summed E-state index contributed by atoms with van der Waals surface area (Å²) in [6.45, 7) is 2.05. The van der Waals surface area contributed by atoms with Crippen LogP contribution < -0.4 is 10.6 Å². The smallest absolute Gasteiger partial charge is 0.228 e. The van der Waals surface area contributed by atoms with Crippen molar-refractivity contribution in [2.45, 2.75) is 19.4 Å². The van der Waals surface area contributed by atoms with Gasteiger partial charge in [-0.1, -0.05) is 11.6 Å². The maximum atomic E-state index is 11.4. The average Bonchev–Trinajstić information content (AvgIpc) is 2.94. The number of hydrogen-bond donors (Lipinski definition) is 2. The first-order valence-corrected chi connectivity index (χ1v) is 6.79. The molecule has 1 aliphatic rings. The Hall–Kier alpha value is -2.01. The lowest BCUT2D eigenvalue weighted by Crippen LogP contribution is -2.11. The maximum Gasteiger partial charge on any atom is 0.228 e. The molecule has 3 rings (SSSR count). The summed E-state index contributed by atoms with van der Waals surface area (Å²) in [6, 6.07) is 5.76. The van der Waals surface area contributed by atoms with Crippen LogP contribution in [0.4, 0.5) is 11.4 Å². The third-order valence-corrected chi connectivity index (χ3v) is 3.81. The van der Waals surface area contributed by atoms with Crippen LogP contribution in [0.2, 0.25) is 5.02 Å². The lowest BCUT2D eigenvalue weighted by molar-refractivity contribution is -0.115. The molecule has 1 aliphatic heterocycles. The number of anilines is 2. The van der Waals surface area contributed by atoms with Gasteiger partial charge < -0.3 is 10.6 Å². The van der Waals surface area contributed by atoms with Gasteiger partial charge in [0.25, 0.3) is 0 Å². The molecule has 0 saturated carbocycles. The van der Waals surface area contributed by atoms with Crippen LogP contribution in [0.25, 0.3) is 0 Å². The van der Waals surface area contributed by atoms with E-state index in [1.807, 2.05) is 30.8 Å². The highest BCUT2D eigenvalue weighted by Crippen LogP contribution is 2.34. The summed E-state index contributed by atoms with van der Waals surface area (Å²) in [6.07, 6.45) is 2.17. The van der Waals surface area contributed by atoms with Gasteiger partial charge >= 0.3 is 0 Å². The van der Waals surface area contributed by atoms with Gasteiger partial charge in [0, 0.05) is 18.9 Å². The van der Waals surface area contributed by atoms with Crippen molar-refractivity contribution in [3.8, 4) is 0 Å². The second-order valence-electron chi connectivity index (χ2n) is 4.96. The lowest BCUT2D eigenvalue weighted by atomic mass is 10.1. The van der Waals surface area contributed by atoms with Gasteiger partial charge in [0.05, 0.1) is 28.9 Å². The minimum Gasteiger partial charge on any atom is -0.376 e. The first-order chi connectivity index (χ1) is 9.54. The van der Waals surface area contributed by atoms with E-state index in [0.29, 0.717) is 11.4 Å². The van der Waals surface area contributed by atoms with Crippen LogP contribution in [0.3, 0.4) is 0 Å². The standard InChI is InChI=1S/C14H15ClN4O/c1-8(13-3-4-16-19(13)2)17-12-5-9-6-14(20)18-11(9)7-10(12)15/h3-5,7-8,17H,6H2,1-2H3,(H,18,20). The van der Waals surface area contributed by atoms with Crippen LogP contribution in [0, 0.1) is 0 Å². The fraction of sp³-hybridized carbons (Fsp3) is 0.286. The molecule has 1 atom stereocenters. The maximum absolute atomic E-state index is 11.4. The van der Waals surface area contributed by atoms with E-state index in [0.717, 1.165) is 22.6 Å². The molecular weight excluding hydrogens is 276 g/mol. The number of aryl methyl sites for hydroxylation is 1. The molecule has 2 aromatic rings. The normalized spacial score (nSPS) is 14.8. The first-order valence-electron chi connectivity index (χ1n) is 6.41. The van der Waals surface area contributed by atoms with Gasteiger partial charge in [-0.05, 0) is 30.7 Å². The van der Waals surface area contributed by atoms with E-state index in [1.54, 1.807) is 12.3 Å². The number of halogens is 1. The summed E-state index contributed by atoms with van der Waals surface area (Å²) >= 11 is 6.26. The predicted octanol–water partition coefficient (Wildman–Crippen LogP) is 2.74.